The molecule has 1 saturated heterocycles. The highest BCUT2D eigenvalue weighted by Crippen LogP contribution is 2.16. The largest absolute Gasteiger partial charge is 0.492 e. The molecular formula is C20H34N4O2. The number of aryl methyl sites for hydroxylation is 1. The van der Waals surface area contributed by atoms with Crippen molar-refractivity contribution in [1.29, 1.82) is 0 Å². The van der Waals surface area contributed by atoms with Crippen LogP contribution in [0.4, 0.5) is 0 Å². The van der Waals surface area contributed by atoms with Gasteiger partial charge in [0.15, 0.2) is 5.96 Å². The lowest BCUT2D eigenvalue weighted by atomic mass is 10.0. The van der Waals surface area contributed by atoms with E-state index in [1.165, 1.54) is 5.56 Å². The molecule has 0 bridgehead atoms. The zero-order valence-corrected chi connectivity index (χ0v) is 16.7. The predicted molar refractivity (Wildman–Crippen MR) is 107 cm³/mol. The lowest BCUT2D eigenvalue weighted by molar-refractivity contribution is -0.00683. The zero-order valence-electron chi connectivity index (χ0n) is 16.7. The topological polar surface area (TPSA) is 58.1 Å². The first-order valence-electron chi connectivity index (χ1n) is 9.56. The Morgan fingerprint density at radius 2 is 1.88 bits per heavy atom. The van der Waals surface area contributed by atoms with Gasteiger partial charge in [0, 0.05) is 25.2 Å². The van der Waals surface area contributed by atoms with Crippen LogP contribution in [0.2, 0.25) is 0 Å². The Labute approximate surface area is 158 Å². The Kier molecular flexibility index (Phi) is 8.19. The molecule has 0 saturated carbocycles. The first-order chi connectivity index (χ1) is 12.5. The molecule has 146 valence electrons. The third kappa shape index (κ3) is 6.84. The van der Waals surface area contributed by atoms with Crippen molar-refractivity contribution in [3.05, 3.63) is 29.8 Å². The number of ether oxygens (including phenoxy) is 2. The Balaban J connectivity index is 1.78. The van der Waals surface area contributed by atoms with E-state index in [0.29, 0.717) is 13.2 Å². The van der Waals surface area contributed by atoms with Crippen LogP contribution in [0.25, 0.3) is 0 Å². The minimum absolute atomic E-state index is 0.0184. The lowest BCUT2D eigenvalue weighted by Crippen LogP contribution is -2.52. The molecular weight excluding hydrogens is 328 g/mol. The molecule has 1 aromatic carbocycles. The summed E-state index contributed by atoms with van der Waals surface area (Å²) in [5.41, 5.74) is 1.25. The molecule has 1 aliphatic rings. The van der Waals surface area contributed by atoms with E-state index in [1.807, 2.05) is 12.1 Å². The summed E-state index contributed by atoms with van der Waals surface area (Å²) in [5, 5.41) is 6.65. The summed E-state index contributed by atoms with van der Waals surface area (Å²) in [6, 6.07) is 8.11. The second-order valence-electron chi connectivity index (χ2n) is 7.20. The van der Waals surface area contributed by atoms with Crippen LogP contribution in [0.5, 0.6) is 5.75 Å². The molecule has 1 aromatic rings. The van der Waals surface area contributed by atoms with E-state index >= 15 is 0 Å². The fourth-order valence-electron chi connectivity index (χ4n) is 2.86. The fraction of sp³-hybridized carbons (Fsp3) is 0.650. The van der Waals surface area contributed by atoms with Gasteiger partial charge in [-0.25, -0.2) is 0 Å². The van der Waals surface area contributed by atoms with E-state index < -0.39 is 0 Å². The van der Waals surface area contributed by atoms with Crippen LogP contribution in [-0.2, 0) is 4.74 Å². The highest BCUT2D eigenvalue weighted by molar-refractivity contribution is 5.79. The van der Waals surface area contributed by atoms with Gasteiger partial charge >= 0.3 is 0 Å². The maximum Gasteiger partial charge on any atom is 0.191 e. The summed E-state index contributed by atoms with van der Waals surface area (Å²) in [4.78, 5) is 7.22. The summed E-state index contributed by atoms with van der Waals surface area (Å²) in [6.45, 7) is 15.1. The molecule has 26 heavy (non-hydrogen) atoms. The third-order valence-electron chi connectivity index (χ3n) is 4.52. The number of hydrogen-bond donors (Lipinski definition) is 2. The van der Waals surface area contributed by atoms with Gasteiger partial charge < -0.3 is 20.1 Å². The van der Waals surface area contributed by atoms with Crippen molar-refractivity contribution >= 4 is 5.96 Å². The molecule has 0 radical (unpaired) electrons. The third-order valence-corrected chi connectivity index (χ3v) is 4.52. The average Bonchev–Trinajstić information content (AvgIpc) is 2.65. The number of benzene rings is 1. The van der Waals surface area contributed by atoms with Gasteiger partial charge in [0.05, 0.1) is 26.3 Å². The molecule has 0 aromatic heterocycles. The summed E-state index contributed by atoms with van der Waals surface area (Å²) in [5.74, 6) is 1.73. The van der Waals surface area contributed by atoms with Gasteiger partial charge in [0.2, 0.25) is 0 Å². The van der Waals surface area contributed by atoms with Gasteiger partial charge in [-0.2, -0.15) is 0 Å². The van der Waals surface area contributed by atoms with Gasteiger partial charge in [-0.05, 0) is 39.8 Å². The van der Waals surface area contributed by atoms with Crippen LogP contribution in [0.3, 0.4) is 0 Å². The summed E-state index contributed by atoms with van der Waals surface area (Å²) >= 11 is 0. The Morgan fingerprint density at radius 3 is 2.54 bits per heavy atom. The van der Waals surface area contributed by atoms with E-state index in [-0.39, 0.29) is 5.54 Å². The van der Waals surface area contributed by atoms with Gasteiger partial charge in [-0.15, -0.1) is 0 Å². The number of nitrogens with one attached hydrogen (secondary N) is 2. The van der Waals surface area contributed by atoms with E-state index in [0.717, 1.165) is 51.1 Å². The van der Waals surface area contributed by atoms with Crippen molar-refractivity contribution in [2.45, 2.75) is 33.2 Å². The highest BCUT2D eigenvalue weighted by Gasteiger charge is 2.28. The minimum atomic E-state index is 0.0184. The summed E-state index contributed by atoms with van der Waals surface area (Å²) in [6.07, 6.45) is 0. The standard InChI is InChI=1S/C20H34N4O2/c1-5-21-19(22-10-13-26-18-8-6-17(2)7-9-18)23-16-20(3,4)24-11-14-25-15-12-24/h6-9H,5,10-16H2,1-4H3,(H2,21,22,23). The molecule has 0 atom stereocenters. The summed E-state index contributed by atoms with van der Waals surface area (Å²) < 4.78 is 11.2. The van der Waals surface area contributed by atoms with Gasteiger partial charge in [0.1, 0.15) is 12.4 Å². The lowest BCUT2D eigenvalue weighted by Gasteiger charge is -2.39. The molecule has 1 heterocycles. The Bertz CT molecular complexity index is 551. The normalized spacial score (nSPS) is 16.4. The molecule has 6 heteroatoms. The number of aliphatic imine (C=N–C) groups is 1. The molecule has 6 nitrogen and oxygen atoms in total. The van der Waals surface area contributed by atoms with Crippen molar-refractivity contribution in [1.82, 2.24) is 15.5 Å². The Hall–Kier alpha value is -1.79. The minimum Gasteiger partial charge on any atom is -0.492 e. The second-order valence-corrected chi connectivity index (χ2v) is 7.20. The van der Waals surface area contributed by atoms with Crippen LogP contribution in [0.1, 0.15) is 26.3 Å². The number of hydrogen-bond acceptors (Lipinski definition) is 4. The van der Waals surface area contributed by atoms with Crippen LogP contribution in [0, 0.1) is 6.92 Å². The van der Waals surface area contributed by atoms with Crippen molar-refractivity contribution in [3.8, 4) is 5.75 Å². The number of guanidine groups is 1. The highest BCUT2D eigenvalue weighted by atomic mass is 16.5. The van der Waals surface area contributed by atoms with Crippen molar-refractivity contribution in [2.24, 2.45) is 4.99 Å². The number of nitrogens with zero attached hydrogens (tertiary/aromatic N) is 2. The number of morpholine rings is 1. The monoisotopic (exact) mass is 362 g/mol. The molecule has 0 aliphatic carbocycles. The van der Waals surface area contributed by atoms with Crippen molar-refractivity contribution in [3.63, 3.8) is 0 Å². The molecule has 2 N–H and O–H groups in total. The molecule has 1 aliphatic heterocycles. The smallest absolute Gasteiger partial charge is 0.191 e. The van der Waals surface area contributed by atoms with E-state index in [4.69, 9.17) is 14.5 Å². The first-order valence-corrected chi connectivity index (χ1v) is 9.56. The maximum atomic E-state index is 5.76. The first kappa shape index (κ1) is 20.5. The fourth-order valence-corrected chi connectivity index (χ4v) is 2.86. The molecule has 0 unspecified atom stereocenters. The predicted octanol–water partition coefficient (Wildman–Crippen LogP) is 2.04. The average molecular weight is 363 g/mol. The van der Waals surface area contributed by atoms with Gasteiger partial charge in [0.25, 0.3) is 0 Å². The molecule has 1 fully saturated rings. The zero-order chi connectivity index (χ0) is 18.8. The molecule has 2 rings (SSSR count). The van der Waals surface area contributed by atoms with Gasteiger partial charge in [-0.3, -0.25) is 9.89 Å². The van der Waals surface area contributed by atoms with Crippen LogP contribution in [0.15, 0.2) is 29.3 Å². The van der Waals surface area contributed by atoms with Crippen LogP contribution >= 0.6 is 0 Å². The maximum absolute atomic E-state index is 5.76. The molecule has 0 spiro atoms. The van der Waals surface area contributed by atoms with E-state index in [1.54, 1.807) is 0 Å². The van der Waals surface area contributed by atoms with Crippen LogP contribution in [-0.4, -0.2) is 68.9 Å². The van der Waals surface area contributed by atoms with E-state index in [9.17, 15) is 0 Å². The Morgan fingerprint density at radius 1 is 1.19 bits per heavy atom. The van der Waals surface area contributed by atoms with Crippen LogP contribution < -0.4 is 15.4 Å². The van der Waals surface area contributed by atoms with E-state index in [2.05, 4.69) is 55.4 Å². The SMILES string of the molecule is CCNC(=NCC(C)(C)N1CCOCC1)NCCOc1ccc(C)cc1. The van der Waals surface area contributed by atoms with Crippen molar-refractivity contribution in [2.75, 3.05) is 52.5 Å². The van der Waals surface area contributed by atoms with Crippen molar-refractivity contribution < 1.29 is 9.47 Å². The second kappa shape index (κ2) is 10.4. The number of rotatable bonds is 8. The summed E-state index contributed by atoms with van der Waals surface area (Å²) in [7, 11) is 0. The quantitative estimate of drug-likeness (QED) is 0.421. The van der Waals surface area contributed by atoms with Gasteiger partial charge in [-0.1, -0.05) is 17.7 Å². The molecule has 0 amide bonds.